The number of halogens is 3. The van der Waals surface area contributed by atoms with Gasteiger partial charge in [-0.05, 0) is 59.6 Å². The molecule has 3 aromatic rings. The molecule has 33 heavy (non-hydrogen) atoms. The number of benzene rings is 2. The van der Waals surface area contributed by atoms with Gasteiger partial charge in [0.05, 0.1) is 0 Å². The number of hydrogen-bond donors (Lipinski definition) is 2. The third-order valence-corrected chi connectivity index (χ3v) is 6.10. The Morgan fingerprint density at radius 1 is 0.818 bits per heavy atom. The zero-order chi connectivity index (χ0) is 23.6. The number of rotatable bonds is 5. The van der Waals surface area contributed by atoms with E-state index in [-0.39, 0.29) is 17.2 Å². The van der Waals surface area contributed by atoms with E-state index in [1.54, 1.807) is 12.1 Å². The third-order valence-electron chi connectivity index (χ3n) is 6.10. The number of nitrogens with zero attached hydrogens (tertiary/aromatic N) is 2. The van der Waals surface area contributed by atoms with Crippen LogP contribution in [0.25, 0.3) is 0 Å². The molecule has 2 aromatic carbocycles. The van der Waals surface area contributed by atoms with Gasteiger partial charge >= 0.3 is 6.18 Å². The second kappa shape index (κ2) is 9.04. The molecular formula is C26H29F3N4. The summed E-state index contributed by atoms with van der Waals surface area (Å²) in [6.45, 7) is 6.25. The molecule has 1 aromatic heterocycles. The lowest BCUT2D eigenvalue weighted by Gasteiger charge is -2.20. The van der Waals surface area contributed by atoms with Crippen LogP contribution in [0.1, 0.15) is 69.1 Å². The van der Waals surface area contributed by atoms with E-state index in [2.05, 4.69) is 53.5 Å². The Balaban J connectivity index is 1.56. The fourth-order valence-electron chi connectivity index (χ4n) is 4.16. The van der Waals surface area contributed by atoms with Crippen LogP contribution in [0, 0.1) is 0 Å². The first-order valence-corrected chi connectivity index (χ1v) is 11.3. The number of aromatic nitrogens is 2. The predicted octanol–water partition coefficient (Wildman–Crippen LogP) is 7.94. The Morgan fingerprint density at radius 3 is 1.97 bits per heavy atom. The molecule has 0 bridgehead atoms. The molecule has 174 valence electrons. The first kappa shape index (κ1) is 23.1. The molecule has 0 radical (unpaired) electrons. The van der Waals surface area contributed by atoms with Crippen molar-refractivity contribution >= 4 is 23.1 Å². The van der Waals surface area contributed by atoms with Crippen molar-refractivity contribution in [2.75, 3.05) is 10.6 Å². The molecule has 1 saturated carbocycles. The van der Waals surface area contributed by atoms with E-state index in [0.29, 0.717) is 11.6 Å². The predicted molar refractivity (Wildman–Crippen MR) is 126 cm³/mol. The Bertz CT molecular complexity index is 1080. The second-order valence-electron chi connectivity index (χ2n) is 9.63. The number of alkyl halides is 3. The van der Waals surface area contributed by atoms with Gasteiger partial charge in [-0.1, -0.05) is 57.9 Å². The largest absolute Gasteiger partial charge is 0.421 e. The molecule has 1 heterocycles. The molecule has 7 heteroatoms. The summed E-state index contributed by atoms with van der Waals surface area (Å²) in [4.78, 5) is 8.05. The zero-order valence-electron chi connectivity index (χ0n) is 19.1. The normalized spacial score (nSPS) is 15.0. The molecule has 0 unspecified atom stereocenters. The van der Waals surface area contributed by atoms with Crippen LogP contribution in [0.2, 0.25) is 0 Å². The van der Waals surface area contributed by atoms with Crippen molar-refractivity contribution in [2.24, 2.45) is 0 Å². The molecule has 4 nitrogen and oxygen atoms in total. The summed E-state index contributed by atoms with van der Waals surface area (Å²) in [5.74, 6) is 0.415. The minimum absolute atomic E-state index is 0.0466. The van der Waals surface area contributed by atoms with E-state index < -0.39 is 11.7 Å². The fraction of sp³-hybridized carbons (Fsp3) is 0.385. The average molecular weight is 455 g/mol. The summed E-state index contributed by atoms with van der Waals surface area (Å²) in [5, 5.41) is 5.84. The van der Waals surface area contributed by atoms with Crippen LogP contribution in [-0.4, -0.2) is 9.97 Å². The average Bonchev–Trinajstić information content (AvgIpc) is 3.28. The molecule has 1 aliphatic rings. The van der Waals surface area contributed by atoms with E-state index in [0.717, 1.165) is 17.4 Å². The minimum Gasteiger partial charge on any atom is -0.340 e. The highest BCUT2D eigenvalue weighted by molar-refractivity contribution is 5.63. The monoisotopic (exact) mass is 454 g/mol. The highest BCUT2D eigenvalue weighted by Gasteiger charge is 2.35. The molecule has 4 rings (SSSR count). The van der Waals surface area contributed by atoms with E-state index in [9.17, 15) is 13.2 Å². The molecule has 0 spiro atoms. The van der Waals surface area contributed by atoms with Gasteiger partial charge in [0.1, 0.15) is 11.4 Å². The van der Waals surface area contributed by atoms with Gasteiger partial charge in [-0.15, -0.1) is 0 Å². The topological polar surface area (TPSA) is 49.8 Å². The quantitative estimate of drug-likeness (QED) is 0.411. The van der Waals surface area contributed by atoms with Gasteiger partial charge < -0.3 is 10.6 Å². The van der Waals surface area contributed by atoms with E-state index in [1.807, 2.05) is 24.3 Å². The lowest BCUT2D eigenvalue weighted by molar-refractivity contribution is -0.137. The summed E-state index contributed by atoms with van der Waals surface area (Å²) in [7, 11) is 0. The van der Waals surface area contributed by atoms with E-state index >= 15 is 0 Å². The minimum atomic E-state index is -4.57. The number of nitrogens with one attached hydrogen (secondary N) is 2. The SMILES string of the molecule is CC(C)(C)c1ccc(Nc2nc(Nc3ccc(C4CCCC4)cc3)ncc2C(F)(F)F)cc1. The van der Waals surface area contributed by atoms with Gasteiger partial charge in [0.2, 0.25) is 5.95 Å². The Kier molecular flexibility index (Phi) is 6.32. The Morgan fingerprint density at radius 2 is 1.39 bits per heavy atom. The first-order chi connectivity index (χ1) is 15.6. The Hall–Kier alpha value is -3.09. The van der Waals surface area contributed by atoms with Crippen LogP contribution >= 0.6 is 0 Å². The van der Waals surface area contributed by atoms with Crippen molar-refractivity contribution < 1.29 is 13.2 Å². The summed E-state index contributed by atoms with van der Waals surface area (Å²) < 4.78 is 40.7. The second-order valence-corrected chi connectivity index (χ2v) is 9.63. The highest BCUT2D eigenvalue weighted by Crippen LogP contribution is 2.37. The van der Waals surface area contributed by atoms with Crippen LogP contribution in [0.15, 0.2) is 54.7 Å². The van der Waals surface area contributed by atoms with Crippen molar-refractivity contribution in [1.82, 2.24) is 9.97 Å². The van der Waals surface area contributed by atoms with Gasteiger partial charge in [0.25, 0.3) is 0 Å². The van der Waals surface area contributed by atoms with Crippen molar-refractivity contribution in [3.63, 3.8) is 0 Å². The van der Waals surface area contributed by atoms with Crippen molar-refractivity contribution in [3.8, 4) is 0 Å². The molecular weight excluding hydrogens is 425 g/mol. The zero-order valence-corrected chi connectivity index (χ0v) is 19.1. The van der Waals surface area contributed by atoms with Gasteiger partial charge in [-0.3, -0.25) is 0 Å². The smallest absolute Gasteiger partial charge is 0.340 e. The van der Waals surface area contributed by atoms with Crippen LogP contribution < -0.4 is 10.6 Å². The number of anilines is 4. The van der Waals surface area contributed by atoms with Crippen LogP contribution in [0.3, 0.4) is 0 Å². The maximum absolute atomic E-state index is 13.6. The Labute approximate surface area is 192 Å². The maximum Gasteiger partial charge on any atom is 0.421 e. The van der Waals surface area contributed by atoms with Crippen LogP contribution in [-0.2, 0) is 11.6 Å². The molecule has 0 saturated heterocycles. The number of hydrogen-bond acceptors (Lipinski definition) is 4. The molecule has 0 aliphatic heterocycles. The van der Waals surface area contributed by atoms with Gasteiger partial charge in [-0.25, -0.2) is 4.98 Å². The van der Waals surface area contributed by atoms with Gasteiger partial charge in [-0.2, -0.15) is 18.2 Å². The first-order valence-electron chi connectivity index (χ1n) is 11.3. The van der Waals surface area contributed by atoms with E-state index in [4.69, 9.17) is 0 Å². The van der Waals surface area contributed by atoms with Crippen molar-refractivity contribution in [2.45, 2.75) is 64.0 Å². The summed E-state index contributed by atoms with van der Waals surface area (Å²) in [6, 6.07) is 15.3. The van der Waals surface area contributed by atoms with Crippen molar-refractivity contribution in [3.05, 3.63) is 71.4 Å². The lowest BCUT2D eigenvalue weighted by atomic mass is 9.87. The third kappa shape index (κ3) is 5.64. The summed E-state index contributed by atoms with van der Waals surface area (Å²) >= 11 is 0. The molecule has 2 N–H and O–H groups in total. The highest BCUT2D eigenvalue weighted by atomic mass is 19.4. The molecule has 0 atom stereocenters. The molecule has 1 aliphatic carbocycles. The summed E-state index contributed by atoms with van der Waals surface area (Å²) in [5.41, 5.74) is 2.69. The molecule has 1 fully saturated rings. The lowest BCUT2D eigenvalue weighted by Crippen LogP contribution is -2.13. The maximum atomic E-state index is 13.6. The standard InChI is InChI=1S/C26H29F3N4/c1-25(2,3)19-10-14-20(15-11-19)31-23-22(26(27,28)29)16-30-24(33-23)32-21-12-8-18(9-13-21)17-6-4-5-7-17/h8-17H,4-7H2,1-3H3,(H2,30,31,32,33). The van der Waals surface area contributed by atoms with Gasteiger partial charge in [0.15, 0.2) is 0 Å². The molecule has 0 amide bonds. The van der Waals surface area contributed by atoms with E-state index in [1.165, 1.54) is 31.2 Å². The van der Waals surface area contributed by atoms with Crippen molar-refractivity contribution in [1.29, 1.82) is 0 Å². The summed E-state index contributed by atoms with van der Waals surface area (Å²) in [6.07, 6.45) is 1.18. The van der Waals surface area contributed by atoms with Gasteiger partial charge in [0, 0.05) is 17.6 Å². The van der Waals surface area contributed by atoms with Crippen LogP contribution in [0.5, 0.6) is 0 Å². The fourth-order valence-corrected chi connectivity index (χ4v) is 4.16. The van der Waals surface area contributed by atoms with Crippen LogP contribution in [0.4, 0.5) is 36.3 Å².